The van der Waals surface area contributed by atoms with Gasteiger partial charge in [-0.3, -0.25) is 4.79 Å². The predicted octanol–water partition coefficient (Wildman–Crippen LogP) is 1.04. The number of amides is 1. The number of sulfonamides is 1. The van der Waals surface area contributed by atoms with Gasteiger partial charge in [0.1, 0.15) is 5.82 Å². The van der Waals surface area contributed by atoms with Crippen molar-refractivity contribution in [2.75, 3.05) is 20.1 Å². The minimum absolute atomic E-state index is 0.0423. The van der Waals surface area contributed by atoms with Crippen LogP contribution in [0.3, 0.4) is 0 Å². The van der Waals surface area contributed by atoms with Crippen molar-refractivity contribution in [2.45, 2.75) is 30.6 Å². The Balaban J connectivity index is 1.92. The van der Waals surface area contributed by atoms with E-state index in [0.29, 0.717) is 31.4 Å². The summed E-state index contributed by atoms with van der Waals surface area (Å²) in [5, 5.41) is 2.59. The second kappa shape index (κ2) is 6.52. The number of carbonyl (C=O) groups is 1. The van der Waals surface area contributed by atoms with E-state index in [0.717, 1.165) is 24.2 Å². The molecule has 0 saturated carbocycles. The van der Waals surface area contributed by atoms with E-state index in [9.17, 15) is 13.2 Å². The van der Waals surface area contributed by atoms with Crippen molar-refractivity contribution in [1.82, 2.24) is 19.2 Å². The van der Waals surface area contributed by atoms with Gasteiger partial charge in [-0.2, -0.15) is 4.31 Å². The Morgan fingerprint density at radius 1 is 1.29 bits per heavy atom. The fourth-order valence-electron chi connectivity index (χ4n) is 3.04. The van der Waals surface area contributed by atoms with Gasteiger partial charge < -0.3 is 9.88 Å². The molecule has 0 unspecified atom stereocenters. The summed E-state index contributed by atoms with van der Waals surface area (Å²) in [6.45, 7) is 1.17. The molecule has 2 aromatic rings. The minimum atomic E-state index is -3.44. The van der Waals surface area contributed by atoms with E-state index in [1.165, 1.54) is 4.31 Å². The average Bonchev–Trinajstić information content (AvgIpc) is 3.21. The second-order valence-corrected chi connectivity index (χ2v) is 7.96. The minimum Gasteiger partial charge on any atom is -0.359 e. The van der Waals surface area contributed by atoms with Gasteiger partial charge in [-0.15, -0.1) is 0 Å². The summed E-state index contributed by atoms with van der Waals surface area (Å²) < 4.78 is 28.8. The molecule has 1 aliphatic heterocycles. The molecule has 1 N–H and O–H groups in total. The molecule has 7 nitrogen and oxygen atoms in total. The molecular formula is C16H22N4O3S. The summed E-state index contributed by atoms with van der Waals surface area (Å²) in [5.74, 6) is 0.726. The molecule has 0 atom stereocenters. The maximum absolute atomic E-state index is 12.7. The van der Waals surface area contributed by atoms with Crippen LogP contribution in [0.25, 0.3) is 11.0 Å². The summed E-state index contributed by atoms with van der Waals surface area (Å²) in [7, 11) is 0.0386. The summed E-state index contributed by atoms with van der Waals surface area (Å²) in [6.07, 6.45) is 2.69. The number of hydrogen-bond acceptors (Lipinski definition) is 4. The van der Waals surface area contributed by atoms with Crippen molar-refractivity contribution in [3.63, 3.8) is 0 Å². The molecule has 1 aliphatic rings. The Hall–Kier alpha value is -1.93. The van der Waals surface area contributed by atoms with Crippen LogP contribution in [-0.4, -0.2) is 48.3 Å². The number of hydrogen-bond donors (Lipinski definition) is 1. The summed E-state index contributed by atoms with van der Waals surface area (Å²) >= 11 is 0. The van der Waals surface area contributed by atoms with Crippen LogP contribution in [0.5, 0.6) is 0 Å². The number of aryl methyl sites for hydroxylation is 2. The van der Waals surface area contributed by atoms with Crippen molar-refractivity contribution in [1.29, 1.82) is 0 Å². The van der Waals surface area contributed by atoms with Crippen molar-refractivity contribution < 1.29 is 13.2 Å². The SMILES string of the molecule is CNC(=O)CCc1nc2cc(S(=O)(=O)N3CCCC3)ccc2n1C. The monoisotopic (exact) mass is 350 g/mol. The first-order valence-corrected chi connectivity index (χ1v) is 9.53. The molecule has 1 aromatic heterocycles. The number of nitrogens with one attached hydrogen (secondary N) is 1. The molecule has 1 fully saturated rings. The van der Waals surface area contributed by atoms with Gasteiger partial charge in [0.15, 0.2) is 0 Å². The number of rotatable bonds is 5. The lowest BCUT2D eigenvalue weighted by Gasteiger charge is -2.15. The highest BCUT2D eigenvalue weighted by Gasteiger charge is 2.27. The lowest BCUT2D eigenvalue weighted by atomic mass is 10.3. The number of carbonyl (C=O) groups excluding carboxylic acids is 1. The number of nitrogens with zero attached hydrogens (tertiary/aromatic N) is 3. The number of fused-ring (bicyclic) bond motifs is 1. The van der Waals surface area contributed by atoms with E-state index in [-0.39, 0.29) is 10.8 Å². The Morgan fingerprint density at radius 3 is 2.67 bits per heavy atom. The standard InChI is InChI=1S/C16H22N4O3S/c1-17-16(21)8-7-15-18-13-11-12(5-6-14(13)19(15)2)24(22,23)20-9-3-4-10-20/h5-6,11H,3-4,7-10H2,1-2H3,(H,17,21). The lowest BCUT2D eigenvalue weighted by Crippen LogP contribution is -2.27. The first-order valence-electron chi connectivity index (χ1n) is 8.09. The zero-order chi connectivity index (χ0) is 17.3. The quantitative estimate of drug-likeness (QED) is 0.873. The van der Waals surface area contributed by atoms with Crippen molar-refractivity contribution >= 4 is 27.0 Å². The molecule has 1 aromatic carbocycles. The summed E-state index contributed by atoms with van der Waals surface area (Å²) in [5.41, 5.74) is 1.51. The topological polar surface area (TPSA) is 84.3 Å². The van der Waals surface area contributed by atoms with E-state index in [4.69, 9.17) is 0 Å². The zero-order valence-electron chi connectivity index (χ0n) is 13.9. The lowest BCUT2D eigenvalue weighted by molar-refractivity contribution is -0.120. The molecule has 0 bridgehead atoms. The highest BCUT2D eigenvalue weighted by atomic mass is 32.2. The summed E-state index contributed by atoms with van der Waals surface area (Å²) in [4.78, 5) is 16.2. The van der Waals surface area contributed by atoms with Gasteiger partial charge in [-0.1, -0.05) is 0 Å². The molecule has 0 aliphatic carbocycles. The first kappa shape index (κ1) is 16.9. The molecule has 130 valence electrons. The Bertz CT molecular complexity index is 867. The van der Waals surface area contributed by atoms with Gasteiger partial charge in [0.2, 0.25) is 15.9 Å². The largest absolute Gasteiger partial charge is 0.359 e. The third kappa shape index (κ3) is 3.03. The van der Waals surface area contributed by atoms with Gasteiger partial charge in [-0.05, 0) is 31.0 Å². The van der Waals surface area contributed by atoms with Crippen LogP contribution in [0.2, 0.25) is 0 Å². The Kier molecular flexibility index (Phi) is 4.60. The molecule has 8 heteroatoms. The van der Waals surface area contributed by atoms with E-state index in [2.05, 4.69) is 10.3 Å². The van der Waals surface area contributed by atoms with E-state index in [1.54, 1.807) is 25.2 Å². The fraction of sp³-hybridized carbons (Fsp3) is 0.500. The number of aromatic nitrogens is 2. The average molecular weight is 350 g/mol. The molecule has 1 saturated heterocycles. The van der Waals surface area contributed by atoms with Crippen LogP contribution in [0, 0.1) is 0 Å². The van der Waals surface area contributed by atoms with Crippen molar-refractivity contribution in [2.24, 2.45) is 7.05 Å². The summed E-state index contributed by atoms with van der Waals surface area (Å²) in [6, 6.07) is 5.06. The normalized spacial score (nSPS) is 15.9. The number of benzene rings is 1. The molecule has 2 heterocycles. The Morgan fingerprint density at radius 2 is 2.00 bits per heavy atom. The smallest absolute Gasteiger partial charge is 0.243 e. The van der Waals surface area contributed by atoms with Crippen LogP contribution < -0.4 is 5.32 Å². The van der Waals surface area contributed by atoms with Crippen molar-refractivity contribution in [3.8, 4) is 0 Å². The van der Waals surface area contributed by atoms with Gasteiger partial charge >= 0.3 is 0 Å². The predicted molar refractivity (Wildman–Crippen MR) is 91.1 cm³/mol. The van der Waals surface area contributed by atoms with Crippen LogP contribution >= 0.6 is 0 Å². The fourth-order valence-corrected chi connectivity index (χ4v) is 4.58. The maximum Gasteiger partial charge on any atom is 0.243 e. The molecule has 3 rings (SSSR count). The van der Waals surface area contributed by atoms with Gasteiger partial charge in [0, 0.05) is 40.0 Å². The Labute approximate surface area is 141 Å². The van der Waals surface area contributed by atoms with Crippen LogP contribution in [-0.2, 0) is 28.3 Å². The van der Waals surface area contributed by atoms with Gasteiger partial charge in [0.25, 0.3) is 0 Å². The van der Waals surface area contributed by atoms with E-state index in [1.807, 2.05) is 11.6 Å². The maximum atomic E-state index is 12.7. The van der Waals surface area contributed by atoms with E-state index < -0.39 is 10.0 Å². The van der Waals surface area contributed by atoms with Gasteiger partial charge in [0.05, 0.1) is 15.9 Å². The third-order valence-electron chi connectivity index (χ3n) is 4.50. The van der Waals surface area contributed by atoms with E-state index >= 15 is 0 Å². The van der Waals surface area contributed by atoms with Gasteiger partial charge in [-0.25, -0.2) is 13.4 Å². The molecule has 0 spiro atoms. The molecular weight excluding hydrogens is 328 g/mol. The zero-order valence-corrected chi connectivity index (χ0v) is 14.8. The molecule has 0 radical (unpaired) electrons. The third-order valence-corrected chi connectivity index (χ3v) is 6.40. The van der Waals surface area contributed by atoms with Crippen LogP contribution in [0.1, 0.15) is 25.1 Å². The first-order chi connectivity index (χ1) is 11.4. The second-order valence-electron chi connectivity index (χ2n) is 6.02. The highest BCUT2D eigenvalue weighted by molar-refractivity contribution is 7.89. The number of imidazole rings is 1. The molecule has 1 amide bonds. The molecule has 24 heavy (non-hydrogen) atoms. The highest BCUT2D eigenvalue weighted by Crippen LogP contribution is 2.25. The van der Waals surface area contributed by atoms with Crippen LogP contribution in [0.15, 0.2) is 23.1 Å². The van der Waals surface area contributed by atoms with Crippen LogP contribution in [0.4, 0.5) is 0 Å². The van der Waals surface area contributed by atoms with Crippen molar-refractivity contribution in [3.05, 3.63) is 24.0 Å².